The van der Waals surface area contributed by atoms with E-state index in [4.69, 9.17) is 8.92 Å². The van der Waals surface area contributed by atoms with Gasteiger partial charge in [-0.3, -0.25) is 4.79 Å². The van der Waals surface area contributed by atoms with Crippen LogP contribution in [0.1, 0.15) is 29.8 Å². The van der Waals surface area contributed by atoms with Gasteiger partial charge in [-0.05, 0) is 55.8 Å². The summed E-state index contributed by atoms with van der Waals surface area (Å²) in [4.78, 5) is 14.4. The predicted octanol–water partition coefficient (Wildman–Crippen LogP) is 3.22. The third kappa shape index (κ3) is 5.68. The molecule has 0 spiro atoms. The molecule has 0 fully saturated rings. The zero-order valence-corrected chi connectivity index (χ0v) is 16.4. The number of amides is 1. The SMILES string of the molecule is COc1ccc(CN(C(=O)c2ccc(F)cc2)C(C)C)cc1OS(C)(=O)=O. The summed E-state index contributed by atoms with van der Waals surface area (Å²) in [6.07, 6.45) is 0.942. The van der Waals surface area contributed by atoms with Crippen LogP contribution in [0.25, 0.3) is 0 Å². The summed E-state index contributed by atoms with van der Waals surface area (Å²) < 4.78 is 46.1. The molecule has 0 heterocycles. The minimum Gasteiger partial charge on any atom is -0.493 e. The summed E-state index contributed by atoms with van der Waals surface area (Å²) >= 11 is 0. The molecule has 6 nitrogen and oxygen atoms in total. The molecule has 2 rings (SSSR count). The first-order valence-corrected chi connectivity index (χ1v) is 10.1. The molecule has 27 heavy (non-hydrogen) atoms. The van der Waals surface area contributed by atoms with Gasteiger partial charge in [-0.2, -0.15) is 8.42 Å². The molecule has 0 aliphatic rings. The summed E-state index contributed by atoms with van der Waals surface area (Å²) in [5.41, 5.74) is 1.03. The van der Waals surface area contributed by atoms with Crippen molar-refractivity contribution in [2.75, 3.05) is 13.4 Å². The van der Waals surface area contributed by atoms with Crippen molar-refractivity contribution in [3.05, 3.63) is 59.4 Å². The lowest BCUT2D eigenvalue weighted by Crippen LogP contribution is -2.36. The highest BCUT2D eigenvalue weighted by Gasteiger charge is 2.20. The van der Waals surface area contributed by atoms with Crippen LogP contribution < -0.4 is 8.92 Å². The first kappa shape index (κ1) is 20.7. The average Bonchev–Trinajstić information content (AvgIpc) is 2.58. The molecule has 2 aromatic rings. The Labute approximate surface area is 158 Å². The molecule has 2 aromatic carbocycles. The summed E-state index contributed by atoms with van der Waals surface area (Å²) in [6, 6.07) is 10.0. The largest absolute Gasteiger partial charge is 0.493 e. The van der Waals surface area contributed by atoms with E-state index in [0.717, 1.165) is 6.26 Å². The Kier molecular flexibility index (Phi) is 6.43. The van der Waals surface area contributed by atoms with Crippen molar-refractivity contribution in [1.82, 2.24) is 4.90 Å². The third-order valence-corrected chi connectivity index (χ3v) is 4.28. The van der Waals surface area contributed by atoms with Crippen LogP contribution >= 0.6 is 0 Å². The predicted molar refractivity (Wildman–Crippen MR) is 99.9 cm³/mol. The van der Waals surface area contributed by atoms with E-state index in [1.807, 2.05) is 13.8 Å². The zero-order chi connectivity index (χ0) is 20.2. The second-order valence-electron chi connectivity index (χ2n) is 6.31. The minimum absolute atomic E-state index is 0.0513. The lowest BCUT2D eigenvalue weighted by atomic mass is 10.1. The van der Waals surface area contributed by atoms with Crippen molar-refractivity contribution in [1.29, 1.82) is 0 Å². The molecule has 1 amide bonds. The van der Waals surface area contributed by atoms with Crippen LogP contribution in [0, 0.1) is 5.82 Å². The van der Waals surface area contributed by atoms with E-state index in [1.165, 1.54) is 37.4 Å². The molecule has 0 aromatic heterocycles. The Morgan fingerprint density at radius 2 is 1.74 bits per heavy atom. The Balaban J connectivity index is 2.31. The first-order chi connectivity index (χ1) is 12.6. The number of nitrogens with zero attached hydrogens (tertiary/aromatic N) is 1. The average molecular weight is 395 g/mol. The Bertz CT molecular complexity index is 910. The monoisotopic (exact) mass is 395 g/mol. The van der Waals surface area contributed by atoms with Crippen molar-refractivity contribution in [2.24, 2.45) is 0 Å². The highest BCUT2D eigenvalue weighted by molar-refractivity contribution is 7.86. The van der Waals surface area contributed by atoms with E-state index in [-0.39, 0.29) is 30.0 Å². The van der Waals surface area contributed by atoms with E-state index in [2.05, 4.69) is 0 Å². The van der Waals surface area contributed by atoms with Crippen LogP contribution in [0.5, 0.6) is 11.5 Å². The molecule has 146 valence electrons. The number of hydrogen-bond donors (Lipinski definition) is 0. The van der Waals surface area contributed by atoms with Crippen molar-refractivity contribution < 1.29 is 26.5 Å². The van der Waals surface area contributed by atoms with Gasteiger partial charge < -0.3 is 13.8 Å². The Morgan fingerprint density at radius 3 is 2.26 bits per heavy atom. The van der Waals surface area contributed by atoms with Crippen LogP contribution in [-0.4, -0.2) is 38.6 Å². The van der Waals surface area contributed by atoms with Gasteiger partial charge in [0, 0.05) is 18.2 Å². The maximum Gasteiger partial charge on any atom is 0.306 e. The maximum atomic E-state index is 13.1. The van der Waals surface area contributed by atoms with Gasteiger partial charge in [0.05, 0.1) is 13.4 Å². The van der Waals surface area contributed by atoms with Gasteiger partial charge >= 0.3 is 10.1 Å². The summed E-state index contributed by atoms with van der Waals surface area (Å²) in [6.45, 7) is 3.94. The smallest absolute Gasteiger partial charge is 0.306 e. The Morgan fingerprint density at radius 1 is 1.11 bits per heavy atom. The fourth-order valence-electron chi connectivity index (χ4n) is 2.49. The standard InChI is InChI=1S/C19H22FNO5S/c1-13(2)21(19(22)15-6-8-16(20)9-7-15)12-14-5-10-17(25-3)18(11-14)26-27(4,23)24/h5-11,13H,12H2,1-4H3. The number of halogens is 1. The van der Waals surface area contributed by atoms with Gasteiger partial charge in [-0.1, -0.05) is 6.07 Å². The van der Waals surface area contributed by atoms with Crippen LogP contribution in [0.3, 0.4) is 0 Å². The van der Waals surface area contributed by atoms with Crippen LogP contribution in [0.2, 0.25) is 0 Å². The number of carbonyl (C=O) groups is 1. The van der Waals surface area contributed by atoms with Crippen molar-refractivity contribution in [3.8, 4) is 11.5 Å². The number of carbonyl (C=O) groups excluding carboxylic acids is 1. The van der Waals surface area contributed by atoms with Crippen LogP contribution in [0.15, 0.2) is 42.5 Å². The van der Waals surface area contributed by atoms with E-state index in [1.54, 1.807) is 17.0 Å². The molecule has 0 saturated heterocycles. The summed E-state index contributed by atoms with van der Waals surface area (Å²) in [7, 11) is -2.33. The highest BCUT2D eigenvalue weighted by Crippen LogP contribution is 2.30. The van der Waals surface area contributed by atoms with E-state index < -0.39 is 15.9 Å². The molecule has 0 radical (unpaired) electrons. The molecular formula is C19H22FNO5S. The van der Waals surface area contributed by atoms with Gasteiger partial charge in [-0.25, -0.2) is 4.39 Å². The maximum absolute atomic E-state index is 13.1. The van der Waals surface area contributed by atoms with Crippen molar-refractivity contribution in [3.63, 3.8) is 0 Å². The van der Waals surface area contributed by atoms with E-state index in [0.29, 0.717) is 11.1 Å². The van der Waals surface area contributed by atoms with Gasteiger partial charge in [0.25, 0.3) is 5.91 Å². The number of ether oxygens (including phenoxy) is 1. The molecule has 0 unspecified atom stereocenters. The summed E-state index contributed by atoms with van der Waals surface area (Å²) in [5.74, 6) is -0.354. The number of rotatable bonds is 7. The van der Waals surface area contributed by atoms with Gasteiger partial charge in [0.1, 0.15) is 5.82 Å². The van der Waals surface area contributed by atoms with Crippen LogP contribution in [-0.2, 0) is 16.7 Å². The Hall–Kier alpha value is -2.61. The van der Waals surface area contributed by atoms with Gasteiger partial charge in [0.2, 0.25) is 0 Å². The topological polar surface area (TPSA) is 72.9 Å². The molecule has 0 aliphatic heterocycles. The number of methoxy groups -OCH3 is 1. The first-order valence-electron chi connectivity index (χ1n) is 8.23. The number of benzene rings is 2. The normalized spacial score (nSPS) is 11.3. The van der Waals surface area contributed by atoms with Crippen molar-refractivity contribution in [2.45, 2.75) is 26.4 Å². The van der Waals surface area contributed by atoms with E-state index >= 15 is 0 Å². The zero-order valence-electron chi connectivity index (χ0n) is 15.6. The molecule has 0 bridgehead atoms. The molecule has 0 saturated carbocycles. The van der Waals surface area contributed by atoms with Crippen LogP contribution in [0.4, 0.5) is 4.39 Å². The fraction of sp³-hybridized carbons (Fsp3) is 0.316. The fourth-order valence-corrected chi connectivity index (χ4v) is 2.95. The highest BCUT2D eigenvalue weighted by atomic mass is 32.2. The summed E-state index contributed by atoms with van der Waals surface area (Å²) in [5, 5.41) is 0. The third-order valence-electron chi connectivity index (χ3n) is 3.80. The molecule has 8 heteroatoms. The molecule has 0 aliphatic carbocycles. The van der Waals surface area contributed by atoms with Gasteiger partial charge in [-0.15, -0.1) is 0 Å². The lowest BCUT2D eigenvalue weighted by molar-refractivity contribution is 0.0690. The van der Waals surface area contributed by atoms with E-state index in [9.17, 15) is 17.6 Å². The number of hydrogen-bond acceptors (Lipinski definition) is 5. The molecule has 0 N–H and O–H groups in total. The second kappa shape index (κ2) is 8.39. The molecule has 0 atom stereocenters. The lowest BCUT2D eigenvalue weighted by Gasteiger charge is -2.27. The minimum atomic E-state index is -3.73. The van der Waals surface area contributed by atoms with Gasteiger partial charge in [0.15, 0.2) is 11.5 Å². The molecular weight excluding hydrogens is 373 g/mol. The quantitative estimate of drug-likeness (QED) is 0.673. The van der Waals surface area contributed by atoms with Crippen molar-refractivity contribution >= 4 is 16.0 Å². The second-order valence-corrected chi connectivity index (χ2v) is 7.88.